The SMILES string of the molecule is NNC(=O)C(=O)NN=Cc1ccccc1. The Bertz CT molecular complexity index is 375. The van der Waals surface area contributed by atoms with Crippen LogP contribution < -0.4 is 16.7 Å². The van der Waals surface area contributed by atoms with Crippen LogP contribution in [0.3, 0.4) is 0 Å². The van der Waals surface area contributed by atoms with Gasteiger partial charge in [0.15, 0.2) is 0 Å². The summed E-state index contributed by atoms with van der Waals surface area (Å²) in [5.74, 6) is 2.89. The van der Waals surface area contributed by atoms with Gasteiger partial charge in [-0.25, -0.2) is 11.3 Å². The van der Waals surface area contributed by atoms with Crippen LogP contribution in [0.4, 0.5) is 0 Å². The van der Waals surface area contributed by atoms with Crippen LogP contribution in [0.25, 0.3) is 0 Å². The third-order valence-electron chi connectivity index (χ3n) is 1.52. The zero-order valence-electron chi connectivity index (χ0n) is 7.81. The highest BCUT2D eigenvalue weighted by Crippen LogP contribution is 1.92. The highest BCUT2D eigenvalue weighted by Gasteiger charge is 2.08. The standard InChI is InChI=1S/C9H10N4O2/c10-12-8(14)9(15)13-11-6-7-4-2-1-3-5-7/h1-6H,10H2,(H,12,14)(H,13,15). The second-order valence-electron chi connectivity index (χ2n) is 2.58. The molecular weight excluding hydrogens is 196 g/mol. The molecule has 0 atom stereocenters. The van der Waals surface area contributed by atoms with Gasteiger partial charge in [-0.15, -0.1) is 0 Å². The number of nitrogens with two attached hydrogens (primary N) is 1. The lowest BCUT2D eigenvalue weighted by molar-refractivity contribution is -0.139. The Kier molecular flexibility index (Phi) is 3.99. The number of benzene rings is 1. The van der Waals surface area contributed by atoms with Gasteiger partial charge in [0.1, 0.15) is 0 Å². The van der Waals surface area contributed by atoms with Crippen LogP contribution in [0.15, 0.2) is 35.4 Å². The minimum absolute atomic E-state index is 0.811. The number of rotatable bonds is 2. The molecule has 0 heterocycles. The fraction of sp³-hybridized carbons (Fsp3) is 0. The van der Waals surface area contributed by atoms with Crippen molar-refractivity contribution in [1.29, 1.82) is 0 Å². The molecule has 4 N–H and O–H groups in total. The summed E-state index contributed by atoms with van der Waals surface area (Å²) in [5.41, 5.74) is 4.52. The molecule has 15 heavy (non-hydrogen) atoms. The molecule has 1 aromatic rings. The van der Waals surface area contributed by atoms with Crippen molar-refractivity contribution >= 4 is 18.0 Å². The molecule has 0 radical (unpaired) electrons. The van der Waals surface area contributed by atoms with Crippen molar-refractivity contribution in [2.75, 3.05) is 0 Å². The Morgan fingerprint density at radius 1 is 1.20 bits per heavy atom. The van der Waals surface area contributed by atoms with Crippen LogP contribution in [0.1, 0.15) is 5.56 Å². The second kappa shape index (κ2) is 5.51. The molecule has 2 amide bonds. The molecule has 6 heteroatoms. The maximum Gasteiger partial charge on any atom is 0.330 e. The van der Waals surface area contributed by atoms with E-state index in [1.165, 1.54) is 6.21 Å². The smallest absolute Gasteiger partial charge is 0.286 e. The fourth-order valence-electron chi connectivity index (χ4n) is 0.821. The van der Waals surface area contributed by atoms with Crippen molar-refractivity contribution in [3.8, 4) is 0 Å². The molecule has 6 nitrogen and oxygen atoms in total. The summed E-state index contributed by atoms with van der Waals surface area (Å²) in [6.45, 7) is 0. The zero-order valence-corrected chi connectivity index (χ0v) is 7.81. The summed E-state index contributed by atoms with van der Waals surface area (Å²) in [6.07, 6.45) is 1.42. The van der Waals surface area contributed by atoms with E-state index in [1.54, 1.807) is 17.6 Å². The van der Waals surface area contributed by atoms with Gasteiger partial charge in [0.2, 0.25) is 0 Å². The van der Waals surface area contributed by atoms with E-state index in [9.17, 15) is 9.59 Å². The van der Waals surface area contributed by atoms with E-state index in [0.717, 1.165) is 5.56 Å². The Balaban J connectivity index is 2.47. The number of carbonyl (C=O) groups is 2. The lowest BCUT2D eigenvalue weighted by atomic mass is 10.2. The van der Waals surface area contributed by atoms with E-state index < -0.39 is 11.8 Å². The highest BCUT2D eigenvalue weighted by molar-refractivity contribution is 6.34. The lowest BCUT2D eigenvalue weighted by Crippen LogP contribution is -2.41. The molecule has 0 aliphatic rings. The average molecular weight is 206 g/mol. The number of amides is 2. The molecule has 0 saturated heterocycles. The van der Waals surface area contributed by atoms with Crippen LogP contribution in [-0.4, -0.2) is 18.0 Å². The molecule has 0 aromatic heterocycles. The van der Waals surface area contributed by atoms with Gasteiger partial charge >= 0.3 is 11.8 Å². The topological polar surface area (TPSA) is 96.6 Å². The third kappa shape index (κ3) is 3.57. The van der Waals surface area contributed by atoms with Crippen molar-refractivity contribution in [2.24, 2.45) is 10.9 Å². The Morgan fingerprint density at radius 3 is 2.47 bits per heavy atom. The van der Waals surface area contributed by atoms with Gasteiger partial charge in [-0.05, 0) is 5.56 Å². The van der Waals surface area contributed by atoms with Crippen LogP contribution in [0.2, 0.25) is 0 Å². The van der Waals surface area contributed by atoms with Crippen molar-refractivity contribution < 1.29 is 9.59 Å². The molecule has 0 fully saturated rings. The Morgan fingerprint density at radius 2 is 1.87 bits per heavy atom. The first-order chi connectivity index (χ1) is 7.24. The van der Waals surface area contributed by atoms with E-state index in [-0.39, 0.29) is 0 Å². The van der Waals surface area contributed by atoms with Crippen LogP contribution in [-0.2, 0) is 9.59 Å². The highest BCUT2D eigenvalue weighted by atomic mass is 16.2. The van der Waals surface area contributed by atoms with Crippen molar-refractivity contribution in [3.63, 3.8) is 0 Å². The van der Waals surface area contributed by atoms with Crippen molar-refractivity contribution in [2.45, 2.75) is 0 Å². The summed E-state index contributed by atoms with van der Waals surface area (Å²) in [4.78, 5) is 21.5. The number of nitrogens with zero attached hydrogens (tertiary/aromatic N) is 1. The molecule has 0 spiro atoms. The van der Waals surface area contributed by atoms with Gasteiger partial charge in [0.25, 0.3) is 0 Å². The number of hydrazine groups is 1. The summed E-state index contributed by atoms with van der Waals surface area (Å²) < 4.78 is 0. The molecule has 0 bridgehead atoms. The Hall–Kier alpha value is -2.21. The molecule has 1 aromatic carbocycles. The monoisotopic (exact) mass is 206 g/mol. The quantitative estimate of drug-likeness (QED) is 0.193. The van der Waals surface area contributed by atoms with Crippen LogP contribution in [0, 0.1) is 0 Å². The van der Waals surface area contributed by atoms with Gasteiger partial charge < -0.3 is 0 Å². The molecule has 0 unspecified atom stereocenters. The summed E-state index contributed by atoms with van der Waals surface area (Å²) >= 11 is 0. The molecule has 0 saturated carbocycles. The van der Waals surface area contributed by atoms with Crippen molar-refractivity contribution in [1.82, 2.24) is 10.9 Å². The van der Waals surface area contributed by atoms with Crippen LogP contribution in [0.5, 0.6) is 0 Å². The molecule has 1 rings (SSSR count). The Labute approximate surface area is 86.1 Å². The average Bonchev–Trinajstić information content (AvgIpc) is 2.29. The van der Waals surface area contributed by atoms with E-state index in [4.69, 9.17) is 5.84 Å². The van der Waals surface area contributed by atoms with E-state index in [2.05, 4.69) is 5.10 Å². The predicted octanol–water partition coefficient (Wildman–Crippen LogP) is -0.873. The molecule has 0 aliphatic carbocycles. The molecular formula is C9H10N4O2. The maximum atomic E-state index is 10.8. The molecule has 78 valence electrons. The maximum absolute atomic E-state index is 10.8. The lowest BCUT2D eigenvalue weighted by Gasteiger charge is -1.96. The second-order valence-corrected chi connectivity index (χ2v) is 2.58. The molecule has 0 aliphatic heterocycles. The number of carbonyl (C=O) groups excluding carboxylic acids is 2. The van der Waals surface area contributed by atoms with E-state index in [1.807, 2.05) is 23.6 Å². The van der Waals surface area contributed by atoms with E-state index in [0.29, 0.717) is 0 Å². The zero-order chi connectivity index (χ0) is 11.1. The first kappa shape index (κ1) is 10.9. The van der Waals surface area contributed by atoms with Gasteiger partial charge in [0.05, 0.1) is 6.21 Å². The van der Waals surface area contributed by atoms with Crippen LogP contribution >= 0.6 is 0 Å². The number of hydrazone groups is 1. The fourth-order valence-corrected chi connectivity index (χ4v) is 0.821. The third-order valence-corrected chi connectivity index (χ3v) is 1.52. The van der Waals surface area contributed by atoms with Gasteiger partial charge in [-0.3, -0.25) is 15.0 Å². The summed E-state index contributed by atoms with van der Waals surface area (Å²) in [6, 6.07) is 9.13. The van der Waals surface area contributed by atoms with Gasteiger partial charge in [-0.1, -0.05) is 30.3 Å². The minimum Gasteiger partial charge on any atom is -0.286 e. The normalized spacial score (nSPS) is 9.93. The minimum atomic E-state index is -0.944. The summed E-state index contributed by atoms with van der Waals surface area (Å²) in [7, 11) is 0. The van der Waals surface area contributed by atoms with E-state index >= 15 is 0 Å². The first-order valence-corrected chi connectivity index (χ1v) is 4.13. The van der Waals surface area contributed by atoms with Gasteiger partial charge in [-0.2, -0.15) is 5.10 Å². The first-order valence-electron chi connectivity index (χ1n) is 4.13. The number of hydrogen-bond donors (Lipinski definition) is 3. The summed E-state index contributed by atoms with van der Waals surface area (Å²) in [5, 5.41) is 3.57. The largest absolute Gasteiger partial charge is 0.330 e. The van der Waals surface area contributed by atoms with Crippen molar-refractivity contribution in [3.05, 3.63) is 35.9 Å². The number of nitrogens with one attached hydrogen (secondary N) is 2. The number of hydrogen-bond acceptors (Lipinski definition) is 4. The predicted molar refractivity (Wildman–Crippen MR) is 54.5 cm³/mol. The van der Waals surface area contributed by atoms with Gasteiger partial charge in [0, 0.05) is 0 Å².